The van der Waals surface area contributed by atoms with Crippen molar-refractivity contribution in [3.05, 3.63) is 64.2 Å². The second-order valence-electron chi connectivity index (χ2n) is 9.73. The minimum Gasteiger partial charge on any atom is -0.490 e. The molecule has 4 nitrogen and oxygen atoms in total. The third-order valence-corrected chi connectivity index (χ3v) is 7.75. The van der Waals surface area contributed by atoms with E-state index in [4.69, 9.17) is 21.1 Å². The summed E-state index contributed by atoms with van der Waals surface area (Å²) in [6.45, 7) is -0.0791. The maximum atomic E-state index is 10.1. The van der Waals surface area contributed by atoms with Gasteiger partial charge in [-0.1, -0.05) is 42.3 Å². The molecule has 0 unspecified atom stereocenters. The Morgan fingerprint density at radius 1 is 1.06 bits per heavy atom. The van der Waals surface area contributed by atoms with E-state index in [1.165, 1.54) is 37.7 Å². The first-order valence-corrected chi connectivity index (χ1v) is 11.9. The molecule has 1 saturated heterocycles. The van der Waals surface area contributed by atoms with E-state index in [1.807, 2.05) is 12.1 Å². The summed E-state index contributed by atoms with van der Waals surface area (Å²) in [5.41, 5.74) is 3.82. The fourth-order valence-electron chi connectivity index (χ4n) is 5.43. The average Bonchev–Trinajstić information content (AvgIpc) is 2.71. The smallest absolute Gasteiger partial charge is 0.119 e. The molecule has 5 rings (SSSR count). The van der Waals surface area contributed by atoms with Crippen LogP contribution < -0.4 is 4.74 Å². The van der Waals surface area contributed by atoms with Crippen LogP contribution in [0.3, 0.4) is 0 Å². The third-order valence-electron chi connectivity index (χ3n) is 7.38. The normalized spacial score (nSPS) is 27.5. The monoisotopic (exact) mass is 442 g/mol. The lowest BCUT2D eigenvalue weighted by Crippen LogP contribution is -2.48. The quantitative estimate of drug-likeness (QED) is 0.644. The summed E-state index contributed by atoms with van der Waals surface area (Å²) in [6, 6.07) is 14.3. The van der Waals surface area contributed by atoms with Crippen molar-refractivity contribution in [2.45, 2.75) is 75.8 Å². The van der Waals surface area contributed by atoms with Gasteiger partial charge in [-0.2, -0.15) is 0 Å². The highest BCUT2D eigenvalue weighted by Gasteiger charge is 2.49. The molecule has 3 atom stereocenters. The van der Waals surface area contributed by atoms with Crippen molar-refractivity contribution in [3.63, 3.8) is 0 Å². The number of aliphatic hydroxyl groups excluding tert-OH is 2. The molecule has 1 aliphatic heterocycles. The molecule has 166 valence electrons. The zero-order chi connectivity index (χ0) is 21.4. The second-order valence-corrected chi connectivity index (χ2v) is 10.1. The predicted octanol–water partition coefficient (Wildman–Crippen LogP) is 5.22. The molecule has 2 N–H and O–H groups in total. The van der Waals surface area contributed by atoms with Gasteiger partial charge >= 0.3 is 0 Å². The first-order chi connectivity index (χ1) is 15.0. The van der Waals surface area contributed by atoms with Gasteiger partial charge in [-0.15, -0.1) is 0 Å². The second kappa shape index (κ2) is 8.74. The van der Waals surface area contributed by atoms with Crippen LogP contribution in [0.5, 0.6) is 5.75 Å². The van der Waals surface area contributed by atoms with Crippen molar-refractivity contribution in [1.29, 1.82) is 0 Å². The first-order valence-electron chi connectivity index (χ1n) is 11.5. The van der Waals surface area contributed by atoms with Crippen LogP contribution in [0.4, 0.5) is 0 Å². The average molecular weight is 443 g/mol. The molecular formula is C26H31ClO4. The molecule has 0 aromatic heterocycles. The van der Waals surface area contributed by atoms with Gasteiger partial charge in [-0.3, -0.25) is 0 Å². The van der Waals surface area contributed by atoms with E-state index in [2.05, 4.69) is 30.3 Å². The van der Waals surface area contributed by atoms with E-state index in [1.54, 1.807) is 0 Å². The van der Waals surface area contributed by atoms with Gasteiger partial charge in [0.1, 0.15) is 5.75 Å². The molecule has 2 aromatic carbocycles. The van der Waals surface area contributed by atoms with Crippen molar-refractivity contribution in [2.75, 3.05) is 6.61 Å². The Morgan fingerprint density at radius 3 is 2.52 bits per heavy atom. The Bertz CT molecular complexity index is 900. The highest BCUT2D eigenvalue weighted by Crippen LogP contribution is 2.56. The number of hydrogen-bond donors (Lipinski definition) is 2. The highest BCUT2D eigenvalue weighted by atomic mass is 35.5. The Morgan fingerprint density at radius 2 is 1.84 bits per heavy atom. The zero-order valence-electron chi connectivity index (χ0n) is 17.8. The lowest BCUT2D eigenvalue weighted by molar-refractivity contribution is -0.113. The summed E-state index contributed by atoms with van der Waals surface area (Å²) in [4.78, 5) is 0. The maximum Gasteiger partial charge on any atom is 0.119 e. The Labute approximate surface area is 189 Å². The Kier molecular flexibility index (Phi) is 6.00. The molecule has 0 amide bonds. The van der Waals surface area contributed by atoms with Gasteiger partial charge in [0.05, 0.1) is 31.0 Å². The van der Waals surface area contributed by atoms with E-state index in [9.17, 15) is 10.2 Å². The largest absolute Gasteiger partial charge is 0.490 e. The lowest BCUT2D eigenvalue weighted by Gasteiger charge is -2.53. The third kappa shape index (κ3) is 4.63. The number of aliphatic hydroxyl groups is 2. The van der Waals surface area contributed by atoms with Gasteiger partial charge in [0.2, 0.25) is 0 Å². The molecule has 3 aliphatic rings. The number of rotatable bonds is 6. The molecule has 1 spiro atoms. The zero-order valence-corrected chi connectivity index (χ0v) is 18.6. The molecule has 1 heterocycles. The van der Waals surface area contributed by atoms with Crippen LogP contribution in [-0.4, -0.2) is 35.1 Å². The van der Waals surface area contributed by atoms with E-state index in [0.717, 1.165) is 28.3 Å². The van der Waals surface area contributed by atoms with Gasteiger partial charge < -0.3 is 19.7 Å². The molecule has 31 heavy (non-hydrogen) atoms. The van der Waals surface area contributed by atoms with Crippen LogP contribution in [0.15, 0.2) is 42.5 Å². The van der Waals surface area contributed by atoms with Gasteiger partial charge in [-0.05, 0) is 72.4 Å². The molecule has 2 saturated carbocycles. The summed E-state index contributed by atoms with van der Waals surface area (Å²) in [5.74, 6) is 0.947. The van der Waals surface area contributed by atoms with Crippen LogP contribution in [0.2, 0.25) is 5.02 Å². The Hall–Kier alpha value is -1.59. The van der Waals surface area contributed by atoms with Gasteiger partial charge in [0.15, 0.2) is 0 Å². The van der Waals surface area contributed by atoms with E-state index >= 15 is 0 Å². The summed E-state index contributed by atoms with van der Waals surface area (Å²) in [7, 11) is 0. The van der Waals surface area contributed by atoms with Crippen LogP contribution in [0.1, 0.15) is 67.7 Å². The predicted molar refractivity (Wildman–Crippen MR) is 121 cm³/mol. The van der Waals surface area contributed by atoms with Crippen molar-refractivity contribution in [3.8, 4) is 5.75 Å². The first kappa shape index (κ1) is 21.3. The summed E-state index contributed by atoms with van der Waals surface area (Å²) in [6.07, 6.45) is 7.69. The van der Waals surface area contributed by atoms with Crippen molar-refractivity contribution < 1.29 is 19.7 Å². The van der Waals surface area contributed by atoms with Gasteiger partial charge in [0.25, 0.3) is 0 Å². The summed E-state index contributed by atoms with van der Waals surface area (Å²) < 4.78 is 12.1. The van der Waals surface area contributed by atoms with Crippen molar-refractivity contribution in [2.24, 2.45) is 5.41 Å². The molecule has 0 radical (unpaired) electrons. The Balaban J connectivity index is 1.23. The number of hydrogen-bond acceptors (Lipinski definition) is 4. The van der Waals surface area contributed by atoms with Crippen molar-refractivity contribution >= 4 is 11.6 Å². The number of halogens is 1. The molecule has 2 aliphatic carbocycles. The maximum absolute atomic E-state index is 10.1. The molecule has 0 bridgehead atoms. The minimum absolute atomic E-state index is 0.0791. The SMILES string of the molecule is OC[C@@H]1C[C@H](O)C[C@H](c2ccc(Cl)c(Cc3ccc(OC4CC5(CCC5)C4)cc3)c2)O1. The number of ether oxygens (including phenoxy) is 2. The topological polar surface area (TPSA) is 58.9 Å². The summed E-state index contributed by atoms with van der Waals surface area (Å²) >= 11 is 6.49. The van der Waals surface area contributed by atoms with E-state index < -0.39 is 6.10 Å². The van der Waals surface area contributed by atoms with Crippen LogP contribution in [-0.2, 0) is 11.2 Å². The van der Waals surface area contributed by atoms with E-state index in [0.29, 0.717) is 24.4 Å². The van der Waals surface area contributed by atoms with Crippen LogP contribution in [0.25, 0.3) is 0 Å². The lowest BCUT2D eigenvalue weighted by atomic mass is 9.55. The fraction of sp³-hybridized carbons (Fsp3) is 0.538. The summed E-state index contributed by atoms with van der Waals surface area (Å²) in [5, 5.41) is 20.3. The number of benzene rings is 2. The van der Waals surface area contributed by atoms with Crippen LogP contribution in [0, 0.1) is 5.41 Å². The van der Waals surface area contributed by atoms with Crippen molar-refractivity contribution in [1.82, 2.24) is 0 Å². The van der Waals surface area contributed by atoms with E-state index in [-0.39, 0.29) is 18.8 Å². The van der Waals surface area contributed by atoms with Gasteiger partial charge in [0, 0.05) is 17.9 Å². The molecular weight excluding hydrogens is 412 g/mol. The highest BCUT2D eigenvalue weighted by molar-refractivity contribution is 6.31. The minimum atomic E-state index is -0.461. The molecule has 3 fully saturated rings. The molecule has 2 aromatic rings. The standard InChI is InChI=1S/C26H31ClO4/c27-24-7-4-18(25-13-20(29)12-22(16-28)31-25)11-19(24)10-17-2-5-21(6-3-17)30-23-14-26(15-23)8-1-9-26/h2-7,11,20,22-23,25,28-29H,1,8-10,12-16H2/t20-,22-,25+/m0/s1. The van der Waals surface area contributed by atoms with Crippen LogP contribution >= 0.6 is 11.6 Å². The fourth-order valence-corrected chi connectivity index (χ4v) is 5.61. The van der Waals surface area contributed by atoms with Gasteiger partial charge in [-0.25, -0.2) is 0 Å². The molecule has 5 heteroatoms.